The number of carbonyl (C=O) groups is 2. The van der Waals surface area contributed by atoms with Crippen molar-refractivity contribution in [3.05, 3.63) is 53.1 Å². The molecule has 0 aliphatic carbocycles. The molecule has 8 nitrogen and oxygen atoms in total. The lowest BCUT2D eigenvalue weighted by molar-refractivity contribution is 0.0600. The van der Waals surface area contributed by atoms with Gasteiger partial charge in [0.25, 0.3) is 5.91 Å². The Bertz CT molecular complexity index is 1200. The zero-order chi connectivity index (χ0) is 25.0. The zero-order valence-corrected chi connectivity index (χ0v) is 21.2. The van der Waals surface area contributed by atoms with Crippen LogP contribution in [0.5, 0.6) is 0 Å². The number of piperidine rings is 2. The van der Waals surface area contributed by atoms with Gasteiger partial charge in [0.1, 0.15) is 4.90 Å². The number of sulfonamides is 1. The second kappa shape index (κ2) is 10.8. The molecule has 2 aliphatic rings. The molecule has 2 aromatic carbocycles. The predicted molar refractivity (Wildman–Crippen MR) is 136 cm³/mol. The minimum atomic E-state index is -3.75. The van der Waals surface area contributed by atoms with Crippen LogP contribution in [0.3, 0.4) is 0 Å². The van der Waals surface area contributed by atoms with E-state index >= 15 is 0 Å². The van der Waals surface area contributed by atoms with Gasteiger partial charge in [-0.05, 0) is 74.9 Å². The summed E-state index contributed by atoms with van der Waals surface area (Å²) in [6, 6.07) is 9.86. The molecule has 4 rings (SSSR count). The summed E-state index contributed by atoms with van der Waals surface area (Å²) < 4.78 is 33.7. The second-order valence-electron chi connectivity index (χ2n) is 9.17. The number of aryl methyl sites for hydroxylation is 1. The van der Waals surface area contributed by atoms with E-state index in [0.717, 1.165) is 57.2 Å². The Hall–Kier alpha value is -2.91. The summed E-state index contributed by atoms with van der Waals surface area (Å²) >= 11 is 0. The first kappa shape index (κ1) is 25.2. The molecule has 9 heteroatoms. The number of hydrogen-bond donors (Lipinski definition) is 1. The van der Waals surface area contributed by atoms with Gasteiger partial charge in [-0.3, -0.25) is 4.79 Å². The van der Waals surface area contributed by atoms with Crippen molar-refractivity contribution in [1.29, 1.82) is 0 Å². The molecule has 2 aliphatic heterocycles. The number of rotatable bonds is 6. The van der Waals surface area contributed by atoms with E-state index in [9.17, 15) is 18.0 Å². The maximum atomic E-state index is 13.7. The Labute approximate surface area is 207 Å². The van der Waals surface area contributed by atoms with Crippen LogP contribution in [0.15, 0.2) is 41.3 Å². The van der Waals surface area contributed by atoms with Crippen LogP contribution in [0.4, 0.5) is 11.4 Å². The molecule has 2 saturated heterocycles. The highest BCUT2D eigenvalue weighted by molar-refractivity contribution is 7.89. The molecule has 0 spiro atoms. The molecule has 2 heterocycles. The molecule has 0 aromatic heterocycles. The normalized spacial score (nSPS) is 17.1. The van der Waals surface area contributed by atoms with Crippen molar-refractivity contribution in [2.45, 2.75) is 50.3 Å². The molecule has 188 valence electrons. The average Bonchev–Trinajstić information content (AvgIpc) is 2.90. The zero-order valence-electron chi connectivity index (χ0n) is 20.4. The summed E-state index contributed by atoms with van der Waals surface area (Å²) in [5.74, 6) is -0.934. The number of nitrogens with zero attached hydrogens (tertiary/aromatic N) is 2. The highest BCUT2D eigenvalue weighted by Gasteiger charge is 2.31. The summed E-state index contributed by atoms with van der Waals surface area (Å²) in [5, 5.41) is 2.83. The number of nitrogens with one attached hydrogen (secondary N) is 1. The fraction of sp³-hybridized carbons (Fsp3) is 0.462. The van der Waals surface area contributed by atoms with Crippen LogP contribution >= 0.6 is 0 Å². The first-order valence-corrected chi connectivity index (χ1v) is 13.6. The van der Waals surface area contributed by atoms with Gasteiger partial charge in [0, 0.05) is 37.4 Å². The molecule has 2 fully saturated rings. The van der Waals surface area contributed by atoms with Crippen LogP contribution in [0.25, 0.3) is 0 Å². The molecule has 0 atom stereocenters. The van der Waals surface area contributed by atoms with Gasteiger partial charge in [0.15, 0.2) is 0 Å². The number of ether oxygens (including phenoxy) is 1. The van der Waals surface area contributed by atoms with Gasteiger partial charge in [-0.15, -0.1) is 0 Å². The van der Waals surface area contributed by atoms with Crippen molar-refractivity contribution in [1.82, 2.24) is 4.31 Å². The number of hydrogen-bond acceptors (Lipinski definition) is 6. The highest BCUT2D eigenvalue weighted by atomic mass is 32.2. The maximum Gasteiger partial charge on any atom is 0.337 e. The Morgan fingerprint density at radius 1 is 0.857 bits per heavy atom. The Balaban J connectivity index is 1.69. The average molecular weight is 500 g/mol. The third kappa shape index (κ3) is 5.51. The van der Waals surface area contributed by atoms with Gasteiger partial charge in [0.2, 0.25) is 10.0 Å². The molecule has 0 unspecified atom stereocenters. The number of benzene rings is 2. The van der Waals surface area contributed by atoms with Gasteiger partial charge in [-0.1, -0.05) is 12.5 Å². The molecule has 0 radical (unpaired) electrons. The van der Waals surface area contributed by atoms with E-state index in [1.54, 1.807) is 34.6 Å². The Kier molecular flexibility index (Phi) is 7.76. The summed E-state index contributed by atoms with van der Waals surface area (Å²) in [7, 11) is -2.45. The Morgan fingerprint density at radius 2 is 1.49 bits per heavy atom. The summed E-state index contributed by atoms with van der Waals surface area (Å²) in [6.45, 7) is 4.42. The van der Waals surface area contributed by atoms with E-state index < -0.39 is 21.9 Å². The van der Waals surface area contributed by atoms with Gasteiger partial charge in [-0.2, -0.15) is 4.31 Å². The van der Waals surface area contributed by atoms with Crippen LogP contribution in [0.1, 0.15) is 64.8 Å². The van der Waals surface area contributed by atoms with Crippen LogP contribution in [-0.2, 0) is 14.8 Å². The van der Waals surface area contributed by atoms with E-state index in [-0.39, 0.29) is 10.5 Å². The van der Waals surface area contributed by atoms with E-state index in [1.165, 1.54) is 13.2 Å². The molecule has 2 aromatic rings. The smallest absolute Gasteiger partial charge is 0.337 e. The molecule has 0 saturated carbocycles. The van der Waals surface area contributed by atoms with E-state index in [4.69, 9.17) is 4.74 Å². The van der Waals surface area contributed by atoms with Crippen molar-refractivity contribution >= 4 is 33.3 Å². The fourth-order valence-electron chi connectivity index (χ4n) is 4.70. The quantitative estimate of drug-likeness (QED) is 0.599. The number of anilines is 2. The summed E-state index contributed by atoms with van der Waals surface area (Å²) in [4.78, 5) is 27.4. The lowest BCUT2D eigenvalue weighted by Crippen LogP contribution is -2.37. The molecule has 35 heavy (non-hydrogen) atoms. The topological polar surface area (TPSA) is 96.0 Å². The minimum Gasteiger partial charge on any atom is -0.465 e. The molecule has 1 amide bonds. The minimum absolute atomic E-state index is 0.189. The lowest BCUT2D eigenvalue weighted by Gasteiger charge is -2.33. The third-order valence-electron chi connectivity index (χ3n) is 6.76. The number of carbonyl (C=O) groups excluding carboxylic acids is 2. The molecule has 1 N–H and O–H groups in total. The van der Waals surface area contributed by atoms with Gasteiger partial charge < -0.3 is 15.0 Å². The summed E-state index contributed by atoms with van der Waals surface area (Å²) in [6.07, 6.45) is 5.87. The number of amides is 1. The number of methoxy groups -OCH3 is 1. The van der Waals surface area contributed by atoms with Gasteiger partial charge in [-0.25, -0.2) is 13.2 Å². The SMILES string of the molecule is COC(=O)c1ccc(C)c(NC(=O)c2ccc(N3CCCCC3)c(S(=O)(=O)N3CCCCC3)c2)c1. The van der Waals surface area contributed by atoms with Crippen LogP contribution in [-0.4, -0.2) is 57.9 Å². The van der Waals surface area contributed by atoms with Gasteiger partial charge >= 0.3 is 5.97 Å². The first-order chi connectivity index (χ1) is 16.8. The molecular weight excluding hydrogens is 466 g/mol. The van der Waals surface area contributed by atoms with Crippen molar-refractivity contribution in [2.24, 2.45) is 0 Å². The summed E-state index contributed by atoms with van der Waals surface area (Å²) in [5.41, 5.74) is 2.48. The van der Waals surface area contributed by atoms with E-state index in [0.29, 0.717) is 30.0 Å². The fourth-order valence-corrected chi connectivity index (χ4v) is 6.45. The monoisotopic (exact) mass is 499 g/mol. The van der Waals surface area contributed by atoms with Crippen molar-refractivity contribution in [3.63, 3.8) is 0 Å². The maximum absolute atomic E-state index is 13.7. The second-order valence-corrected chi connectivity index (χ2v) is 11.1. The first-order valence-electron chi connectivity index (χ1n) is 12.2. The van der Waals surface area contributed by atoms with E-state index in [2.05, 4.69) is 10.2 Å². The van der Waals surface area contributed by atoms with Crippen LogP contribution < -0.4 is 10.2 Å². The van der Waals surface area contributed by atoms with Crippen molar-refractivity contribution in [2.75, 3.05) is 43.5 Å². The lowest BCUT2D eigenvalue weighted by atomic mass is 10.1. The van der Waals surface area contributed by atoms with Crippen molar-refractivity contribution in [3.8, 4) is 0 Å². The molecule has 0 bridgehead atoms. The highest BCUT2D eigenvalue weighted by Crippen LogP contribution is 2.32. The van der Waals surface area contributed by atoms with Gasteiger partial charge in [0.05, 0.1) is 18.4 Å². The van der Waals surface area contributed by atoms with E-state index in [1.807, 2.05) is 6.92 Å². The Morgan fingerprint density at radius 3 is 2.14 bits per heavy atom. The van der Waals surface area contributed by atoms with Crippen molar-refractivity contribution < 1.29 is 22.7 Å². The molecular formula is C26H33N3O5S. The number of esters is 1. The standard InChI is InChI=1S/C26H33N3O5S/c1-19-9-10-21(26(31)34-2)17-22(19)27-25(30)20-11-12-23(28-13-5-3-6-14-28)24(18-20)35(32,33)29-15-7-4-8-16-29/h9-12,17-18H,3-8,13-16H2,1-2H3,(H,27,30). The van der Waals surface area contributed by atoms with Crippen LogP contribution in [0, 0.1) is 6.92 Å². The predicted octanol–water partition coefficient (Wildman–Crippen LogP) is 4.20. The van der Waals surface area contributed by atoms with Crippen LogP contribution in [0.2, 0.25) is 0 Å². The largest absolute Gasteiger partial charge is 0.465 e. The third-order valence-corrected chi connectivity index (χ3v) is 8.69.